The number of nitrogens with zero attached hydrogens (tertiary/aromatic N) is 4. The molecule has 184 valence electrons. The maximum atomic E-state index is 8.93. The molecule has 1 saturated heterocycles. The SMILES string of the molecule is Clc1ccc(C(OCCN2CCN(c3ncccn3)CC2)c2ccccc2)cc1.O=C([O-])C(=O)[O-]. The number of piperazine rings is 1. The smallest absolute Gasteiger partial charge is 0.225 e. The number of carbonyl (C=O) groups excluding carboxylic acids is 2. The number of carboxylic acids is 2. The lowest BCUT2D eigenvalue weighted by molar-refractivity contribution is -0.345. The molecule has 35 heavy (non-hydrogen) atoms. The van der Waals surface area contributed by atoms with Gasteiger partial charge in [0.2, 0.25) is 5.95 Å². The second-order valence-electron chi connectivity index (χ2n) is 7.67. The van der Waals surface area contributed by atoms with Gasteiger partial charge in [-0.3, -0.25) is 4.90 Å². The Balaban J connectivity index is 0.000000509. The quantitative estimate of drug-likeness (QED) is 0.431. The van der Waals surface area contributed by atoms with Crippen LogP contribution in [0.4, 0.5) is 5.95 Å². The monoisotopic (exact) mass is 496 g/mol. The van der Waals surface area contributed by atoms with E-state index in [1.54, 1.807) is 12.4 Å². The Morgan fingerprint density at radius 3 is 2.00 bits per heavy atom. The van der Waals surface area contributed by atoms with Gasteiger partial charge in [0, 0.05) is 50.1 Å². The van der Waals surface area contributed by atoms with Crippen molar-refractivity contribution >= 4 is 29.5 Å². The number of carboxylic acid groups (broad SMARTS) is 2. The molecule has 10 heteroatoms. The highest BCUT2D eigenvalue weighted by molar-refractivity contribution is 6.30. The van der Waals surface area contributed by atoms with Crippen LogP contribution in [0.15, 0.2) is 73.1 Å². The Morgan fingerprint density at radius 1 is 0.857 bits per heavy atom. The fourth-order valence-electron chi connectivity index (χ4n) is 3.58. The van der Waals surface area contributed by atoms with Crippen LogP contribution in [0.3, 0.4) is 0 Å². The third kappa shape index (κ3) is 8.32. The molecule has 0 N–H and O–H groups in total. The zero-order valence-corrected chi connectivity index (χ0v) is 19.7. The van der Waals surface area contributed by atoms with Crippen molar-refractivity contribution in [1.82, 2.24) is 14.9 Å². The Labute approximate surface area is 208 Å². The first-order chi connectivity index (χ1) is 16.9. The van der Waals surface area contributed by atoms with Crippen molar-refractivity contribution in [3.05, 3.63) is 89.2 Å². The molecular formula is C25H25ClN4O5-2. The molecule has 0 aliphatic carbocycles. The van der Waals surface area contributed by atoms with Crippen LogP contribution in [0.2, 0.25) is 5.02 Å². The summed E-state index contributed by atoms with van der Waals surface area (Å²) in [6.07, 6.45) is 3.50. The van der Waals surface area contributed by atoms with Crippen LogP contribution in [0.5, 0.6) is 0 Å². The Hall–Kier alpha value is -3.53. The first-order valence-corrected chi connectivity index (χ1v) is 11.4. The third-order valence-corrected chi connectivity index (χ3v) is 5.59. The first-order valence-electron chi connectivity index (χ1n) is 11.0. The highest BCUT2D eigenvalue weighted by atomic mass is 35.5. The number of rotatable bonds is 7. The van der Waals surface area contributed by atoms with Crippen LogP contribution in [0, 0.1) is 0 Å². The van der Waals surface area contributed by atoms with Crippen LogP contribution in [0.25, 0.3) is 0 Å². The molecule has 0 amide bonds. The minimum atomic E-state index is -2.19. The summed E-state index contributed by atoms with van der Waals surface area (Å²) in [5.74, 6) is -3.56. The molecule has 1 aliphatic rings. The van der Waals surface area contributed by atoms with Crippen LogP contribution >= 0.6 is 11.6 Å². The molecule has 3 aromatic rings. The van der Waals surface area contributed by atoms with Gasteiger partial charge in [0.15, 0.2) is 0 Å². The van der Waals surface area contributed by atoms with Gasteiger partial charge < -0.3 is 29.4 Å². The number of aromatic nitrogens is 2. The lowest BCUT2D eigenvalue weighted by Gasteiger charge is -2.34. The van der Waals surface area contributed by atoms with Crippen LogP contribution in [-0.4, -0.2) is 66.1 Å². The van der Waals surface area contributed by atoms with Crippen molar-refractivity contribution in [3.8, 4) is 0 Å². The third-order valence-electron chi connectivity index (χ3n) is 5.34. The topological polar surface area (TPSA) is 122 Å². The summed E-state index contributed by atoms with van der Waals surface area (Å²) in [7, 11) is 0. The Kier molecular flexibility index (Phi) is 9.97. The number of hydrogen-bond donors (Lipinski definition) is 0. The van der Waals surface area contributed by atoms with E-state index in [9.17, 15) is 0 Å². The number of carbonyl (C=O) groups is 2. The molecule has 0 radical (unpaired) electrons. The van der Waals surface area contributed by atoms with E-state index >= 15 is 0 Å². The molecule has 1 unspecified atom stereocenters. The molecule has 1 fully saturated rings. The number of halogens is 1. The van der Waals surface area contributed by atoms with Gasteiger partial charge in [-0.25, -0.2) is 9.97 Å². The van der Waals surface area contributed by atoms with Gasteiger partial charge in [0.1, 0.15) is 6.10 Å². The molecule has 1 aromatic heterocycles. The summed E-state index contributed by atoms with van der Waals surface area (Å²) in [6, 6.07) is 20.1. The molecule has 1 atom stereocenters. The molecular weight excluding hydrogens is 472 g/mol. The van der Waals surface area contributed by atoms with E-state index < -0.39 is 11.9 Å². The second kappa shape index (κ2) is 13.4. The van der Waals surface area contributed by atoms with Gasteiger partial charge in [-0.2, -0.15) is 0 Å². The minimum absolute atomic E-state index is 0.0903. The lowest BCUT2D eigenvalue weighted by atomic mass is 10.0. The van der Waals surface area contributed by atoms with Crippen molar-refractivity contribution in [2.75, 3.05) is 44.2 Å². The molecule has 0 saturated carbocycles. The average Bonchev–Trinajstić information content (AvgIpc) is 2.89. The maximum Gasteiger partial charge on any atom is 0.225 e. The summed E-state index contributed by atoms with van der Waals surface area (Å²) in [5.41, 5.74) is 2.27. The van der Waals surface area contributed by atoms with Crippen molar-refractivity contribution in [2.24, 2.45) is 0 Å². The average molecular weight is 497 g/mol. The fourth-order valence-corrected chi connectivity index (χ4v) is 3.70. The van der Waals surface area contributed by atoms with Gasteiger partial charge in [0.05, 0.1) is 18.5 Å². The Bertz CT molecular complexity index is 1050. The van der Waals surface area contributed by atoms with Crippen molar-refractivity contribution < 1.29 is 24.5 Å². The van der Waals surface area contributed by atoms with E-state index in [0.29, 0.717) is 6.61 Å². The highest BCUT2D eigenvalue weighted by Gasteiger charge is 2.20. The fraction of sp³-hybridized carbons (Fsp3) is 0.280. The van der Waals surface area contributed by atoms with Crippen molar-refractivity contribution in [2.45, 2.75) is 6.10 Å². The number of anilines is 1. The summed E-state index contributed by atoms with van der Waals surface area (Å²) in [4.78, 5) is 31.2. The standard InChI is InChI=1S/C23H25ClN4O.C2H2O4/c24-21-9-7-20(8-10-21)22(19-5-2-1-3-6-19)29-18-17-27-13-15-28(16-14-27)23-25-11-4-12-26-23;3-1(4)2(5)6/h1-12,22H,13-18H2;(H,3,4)(H,5,6)/p-2. The molecule has 2 heterocycles. The minimum Gasteiger partial charge on any atom is -0.543 e. The summed E-state index contributed by atoms with van der Waals surface area (Å²) >= 11 is 6.06. The second-order valence-corrected chi connectivity index (χ2v) is 8.10. The van der Waals surface area contributed by atoms with Crippen LogP contribution in [0.1, 0.15) is 17.2 Å². The number of aliphatic carboxylic acids is 2. The predicted molar refractivity (Wildman–Crippen MR) is 126 cm³/mol. The van der Waals surface area contributed by atoms with Crippen molar-refractivity contribution in [3.63, 3.8) is 0 Å². The van der Waals surface area contributed by atoms with Crippen molar-refractivity contribution in [1.29, 1.82) is 0 Å². The Morgan fingerprint density at radius 2 is 1.43 bits per heavy atom. The van der Waals surface area contributed by atoms with Gasteiger partial charge >= 0.3 is 0 Å². The molecule has 2 aromatic carbocycles. The zero-order valence-electron chi connectivity index (χ0n) is 19.0. The van der Waals surface area contributed by atoms with Gasteiger partial charge in [-0.1, -0.05) is 54.1 Å². The van der Waals surface area contributed by atoms with Crippen LogP contribution in [-0.2, 0) is 14.3 Å². The largest absolute Gasteiger partial charge is 0.543 e. The summed E-state index contributed by atoms with van der Waals surface area (Å²) in [5, 5.41) is 18.6. The molecule has 0 spiro atoms. The van der Waals surface area contributed by atoms with Gasteiger partial charge in [-0.15, -0.1) is 0 Å². The zero-order chi connectivity index (χ0) is 25.0. The maximum absolute atomic E-state index is 8.93. The summed E-state index contributed by atoms with van der Waals surface area (Å²) in [6.45, 7) is 5.41. The highest BCUT2D eigenvalue weighted by Crippen LogP contribution is 2.27. The van der Waals surface area contributed by atoms with Gasteiger partial charge in [-0.05, 0) is 29.3 Å². The van der Waals surface area contributed by atoms with E-state index in [0.717, 1.165) is 54.8 Å². The number of hydrogen-bond acceptors (Lipinski definition) is 9. The van der Waals surface area contributed by atoms with E-state index in [2.05, 4.69) is 31.9 Å². The first kappa shape index (κ1) is 26.1. The molecule has 9 nitrogen and oxygen atoms in total. The van der Waals surface area contributed by atoms with E-state index in [4.69, 9.17) is 36.1 Å². The van der Waals surface area contributed by atoms with E-state index in [1.165, 1.54) is 0 Å². The predicted octanol–water partition coefficient (Wildman–Crippen LogP) is 0.544. The van der Waals surface area contributed by atoms with Gasteiger partial charge in [0.25, 0.3) is 0 Å². The summed E-state index contributed by atoms with van der Waals surface area (Å²) < 4.78 is 6.35. The van der Waals surface area contributed by atoms with E-state index in [1.807, 2.05) is 48.5 Å². The lowest BCUT2D eigenvalue weighted by Crippen LogP contribution is -2.47. The molecule has 0 bridgehead atoms. The number of benzene rings is 2. The van der Waals surface area contributed by atoms with E-state index in [-0.39, 0.29) is 6.10 Å². The number of ether oxygens (including phenoxy) is 1. The normalized spacial score (nSPS) is 14.5. The van der Waals surface area contributed by atoms with Crippen LogP contribution < -0.4 is 15.1 Å². The molecule has 4 rings (SSSR count). The molecule has 1 aliphatic heterocycles.